The van der Waals surface area contributed by atoms with Crippen molar-refractivity contribution in [2.24, 2.45) is 0 Å². The van der Waals surface area contributed by atoms with E-state index in [0.717, 1.165) is 33.6 Å². The molecule has 0 atom stereocenters. The van der Waals surface area contributed by atoms with Crippen LogP contribution in [0, 0.1) is 34.6 Å². The van der Waals surface area contributed by atoms with Crippen molar-refractivity contribution in [2.75, 3.05) is 28.3 Å². The molecule has 1 aromatic heterocycles. The van der Waals surface area contributed by atoms with Crippen molar-refractivity contribution in [2.45, 2.75) is 60.3 Å². The van der Waals surface area contributed by atoms with Crippen LogP contribution in [0.3, 0.4) is 0 Å². The summed E-state index contributed by atoms with van der Waals surface area (Å²) in [4.78, 5) is 49.3. The molecule has 0 radical (unpaired) electrons. The Balaban J connectivity index is 0.000000311. The number of aryl methyl sites for hydroxylation is 5. The number of pyridine rings is 1. The minimum absolute atomic E-state index is 0.0926. The van der Waals surface area contributed by atoms with Gasteiger partial charge in [0.2, 0.25) is 5.91 Å². The van der Waals surface area contributed by atoms with Gasteiger partial charge in [0.25, 0.3) is 0 Å². The molecular formula is C36H46N2O6. The third kappa shape index (κ3) is 12.3. The molecule has 0 saturated heterocycles. The highest BCUT2D eigenvalue weighted by atomic mass is 16.5. The zero-order chi connectivity index (χ0) is 33.6. The highest BCUT2D eigenvalue weighted by Crippen LogP contribution is 2.34. The maximum atomic E-state index is 11.4. The van der Waals surface area contributed by atoms with Crippen LogP contribution >= 0.6 is 0 Å². The van der Waals surface area contributed by atoms with E-state index in [-0.39, 0.29) is 17.8 Å². The number of esters is 2. The summed E-state index contributed by atoms with van der Waals surface area (Å²) in [6, 6.07) is 15.3. The lowest BCUT2D eigenvalue weighted by Crippen LogP contribution is -2.21. The van der Waals surface area contributed by atoms with Gasteiger partial charge in [-0.3, -0.25) is 14.6 Å². The Bertz CT molecular complexity index is 1420. The number of ether oxygens (including phenoxy) is 2. The number of amides is 1. The average molecular weight is 603 g/mol. The molecule has 1 saturated carbocycles. The number of carbonyl (C=O) groups is 4. The highest BCUT2D eigenvalue weighted by Gasteiger charge is 2.28. The highest BCUT2D eigenvalue weighted by molar-refractivity contribution is 5.92. The average Bonchev–Trinajstić information content (AvgIpc) is 2.94. The van der Waals surface area contributed by atoms with Gasteiger partial charge < -0.3 is 14.4 Å². The molecular weight excluding hydrogens is 556 g/mol. The molecule has 44 heavy (non-hydrogen) atoms. The molecule has 1 aliphatic carbocycles. The molecule has 1 aliphatic rings. The topological polar surface area (TPSA) is 103 Å². The lowest BCUT2D eigenvalue weighted by molar-refractivity contribution is -0.126. The van der Waals surface area contributed by atoms with Gasteiger partial charge in [-0.1, -0.05) is 36.9 Å². The van der Waals surface area contributed by atoms with Crippen LogP contribution in [0.4, 0.5) is 0 Å². The molecule has 0 unspecified atom stereocenters. The quantitative estimate of drug-likeness (QED) is 0.304. The lowest BCUT2D eigenvalue weighted by atomic mass is 9.78. The third-order valence-corrected chi connectivity index (χ3v) is 6.82. The van der Waals surface area contributed by atoms with Crippen LogP contribution in [0.1, 0.15) is 85.6 Å². The van der Waals surface area contributed by atoms with Crippen molar-refractivity contribution < 1.29 is 28.7 Å². The first kappa shape index (κ1) is 37.4. The lowest BCUT2D eigenvalue weighted by Gasteiger charge is -2.25. The van der Waals surface area contributed by atoms with Crippen molar-refractivity contribution in [1.82, 2.24) is 9.88 Å². The van der Waals surface area contributed by atoms with Crippen molar-refractivity contribution in [3.63, 3.8) is 0 Å². The Morgan fingerprint density at radius 2 is 1.27 bits per heavy atom. The predicted octanol–water partition coefficient (Wildman–Crippen LogP) is 6.75. The second-order valence-corrected chi connectivity index (χ2v) is 10.8. The van der Waals surface area contributed by atoms with Gasteiger partial charge in [-0.2, -0.15) is 0 Å². The predicted molar refractivity (Wildman–Crippen MR) is 175 cm³/mol. The van der Waals surface area contributed by atoms with Crippen molar-refractivity contribution >= 4 is 29.7 Å². The number of benzene rings is 2. The summed E-state index contributed by atoms with van der Waals surface area (Å²) in [7, 11) is 6.20. The second kappa shape index (κ2) is 18.2. The van der Waals surface area contributed by atoms with Gasteiger partial charge in [-0.15, -0.1) is 0 Å². The van der Waals surface area contributed by atoms with Gasteiger partial charge in [-0.05, 0) is 92.6 Å². The van der Waals surface area contributed by atoms with E-state index < -0.39 is 0 Å². The van der Waals surface area contributed by atoms with Crippen LogP contribution in [0.2, 0.25) is 0 Å². The van der Waals surface area contributed by atoms with Crippen LogP contribution in [-0.4, -0.2) is 61.8 Å². The maximum Gasteiger partial charge on any atom is 0.338 e. The summed E-state index contributed by atoms with van der Waals surface area (Å²) in [6.07, 6.45) is 3.02. The number of hydrogen-bond acceptors (Lipinski definition) is 7. The standard InChI is InChI=1S/C13H14O3.C11H12O2.C8H11N.C4H9NO/c1-8-5-9(10-6-11(14)7-10)3-4-12(8)13(15)16-2;1-4-9-5-6-10(8(2)7-9)11(12)13-3;1-6-4-7(2)9-8(3)5-6;1-4(6)5(2)3/h3-5,10H,6-7H2,1-2H3;4-7H,1H2,2-3H3;4-5H,1-3H3;1-3H3. The fraction of sp³-hybridized carbons (Fsp3) is 0.361. The van der Waals surface area contributed by atoms with E-state index in [1.54, 1.807) is 32.3 Å². The van der Waals surface area contributed by atoms with E-state index in [1.807, 2.05) is 52.0 Å². The molecule has 2 aromatic carbocycles. The van der Waals surface area contributed by atoms with E-state index in [0.29, 0.717) is 35.7 Å². The largest absolute Gasteiger partial charge is 0.465 e. The number of hydrogen-bond donors (Lipinski definition) is 0. The molecule has 1 fully saturated rings. The fourth-order valence-electron chi connectivity index (χ4n) is 4.20. The minimum Gasteiger partial charge on any atom is -0.465 e. The van der Waals surface area contributed by atoms with Crippen molar-refractivity contribution in [1.29, 1.82) is 0 Å². The summed E-state index contributed by atoms with van der Waals surface area (Å²) < 4.78 is 9.31. The van der Waals surface area contributed by atoms with Crippen molar-refractivity contribution in [3.8, 4) is 0 Å². The Morgan fingerprint density at radius 1 is 0.818 bits per heavy atom. The summed E-state index contributed by atoms with van der Waals surface area (Å²) in [5.41, 5.74) is 8.66. The van der Waals surface area contributed by atoms with Gasteiger partial charge in [-0.25, -0.2) is 9.59 Å². The summed E-state index contributed by atoms with van der Waals surface area (Å²) in [6.45, 7) is 15.1. The molecule has 8 heteroatoms. The molecule has 3 aromatic rings. The zero-order valence-corrected chi connectivity index (χ0v) is 27.7. The van der Waals surface area contributed by atoms with E-state index in [1.165, 1.54) is 31.6 Å². The molecule has 1 amide bonds. The SMILES string of the molecule is C=Cc1ccc(C(=O)OC)c(C)c1.CC(=O)N(C)C.COC(=O)c1ccc(C2CC(=O)C2)cc1C.Cc1cc(C)nc(C)c1. The van der Waals surface area contributed by atoms with E-state index >= 15 is 0 Å². The molecule has 0 bridgehead atoms. The van der Waals surface area contributed by atoms with Crippen molar-refractivity contribution in [3.05, 3.63) is 105 Å². The number of nitrogens with zero attached hydrogens (tertiary/aromatic N) is 2. The maximum absolute atomic E-state index is 11.4. The zero-order valence-electron chi connectivity index (χ0n) is 27.7. The molecule has 236 valence electrons. The van der Waals surface area contributed by atoms with Gasteiger partial charge >= 0.3 is 11.9 Å². The van der Waals surface area contributed by atoms with Gasteiger partial charge in [0.05, 0.1) is 25.3 Å². The molecule has 0 spiro atoms. The molecule has 0 N–H and O–H groups in total. The van der Waals surface area contributed by atoms with Crippen LogP contribution in [0.25, 0.3) is 6.08 Å². The summed E-state index contributed by atoms with van der Waals surface area (Å²) in [5, 5.41) is 0. The van der Waals surface area contributed by atoms with E-state index in [2.05, 4.69) is 40.1 Å². The Kier molecular flexibility index (Phi) is 15.4. The second-order valence-electron chi connectivity index (χ2n) is 10.8. The number of carbonyl (C=O) groups excluding carboxylic acids is 4. The van der Waals surface area contributed by atoms with Gasteiger partial charge in [0.15, 0.2) is 0 Å². The fourth-order valence-corrected chi connectivity index (χ4v) is 4.20. The third-order valence-electron chi connectivity index (χ3n) is 6.82. The molecule has 0 aliphatic heterocycles. The normalized spacial score (nSPS) is 11.5. The monoisotopic (exact) mass is 602 g/mol. The molecule has 4 rings (SSSR count). The number of aromatic nitrogens is 1. The first-order chi connectivity index (χ1) is 20.6. The first-order valence-electron chi connectivity index (χ1n) is 14.2. The molecule has 8 nitrogen and oxygen atoms in total. The first-order valence-corrected chi connectivity index (χ1v) is 14.2. The van der Waals surface area contributed by atoms with Crippen LogP contribution in [0.5, 0.6) is 0 Å². The van der Waals surface area contributed by atoms with E-state index in [9.17, 15) is 19.2 Å². The number of rotatable bonds is 4. The number of methoxy groups -OCH3 is 2. The van der Waals surface area contributed by atoms with Gasteiger partial charge in [0, 0.05) is 45.2 Å². The van der Waals surface area contributed by atoms with Crippen LogP contribution < -0.4 is 0 Å². The number of ketones is 1. The Hall–Kier alpha value is -4.59. The van der Waals surface area contributed by atoms with Gasteiger partial charge in [0.1, 0.15) is 5.78 Å². The molecule has 1 heterocycles. The minimum atomic E-state index is -0.311. The Labute approximate surface area is 262 Å². The van der Waals surface area contributed by atoms with E-state index in [4.69, 9.17) is 0 Å². The Morgan fingerprint density at radius 3 is 1.61 bits per heavy atom. The van der Waals surface area contributed by atoms with Crippen LogP contribution in [0.15, 0.2) is 55.1 Å². The summed E-state index contributed by atoms with van der Waals surface area (Å²) in [5.74, 6) is 0.148. The number of Topliss-reactive ketones (excluding diaryl/α,β-unsaturated/α-hetero) is 1. The van der Waals surface area contributed by atoms with Crippen LogP contribution in [-0.2, 0) is 19.1 Å². The smallest absolute Gasteiger partial charge is 0.338 e. The summed E-state index contributed by atoms with van der Waals surface area (Å²) >= 11 is 0.